The highest BCUT2D eigenvalue weighted by atomic mass is 16.5. The largest absolute Gasteiger partial charge is 0.382 e. The Balaban J connectivity index is 3.53. The van der Waals surface area contributed by atoms with E-state index in [2.05, 4.69) is 26.1 Å². The molecule has 0 bridgehead atoms. The fourth-order valence-electron chi connectivity index (χ4n) is 1.49. The van der Waals surface area contributed by atoms with Crippen molar-refractivity contribution < 1.29 is 9.47 Å². The van der Waals surface area contributed by atoms with Crippen LogP contribution in [0.1, 0.15) is 40.0 Å². The van der Waals surface area contributed by atoms with Crippen molar-refractivity contribution in [3.05, 3.63) is 0 Å². The van der Waals surface area contributed by atoms with Crippen molar-refractivity contribution in [3.63, 3.8) is 0 Å². The minimum Gasteiger partial charge on any atom is -0.382 e. The van der Waals surface area contributed by atoms with Crippen molar-refractivity contribution in [2.75, 3.05) is 33.4 Å². The van der Waals surface area contributed by atoms with Gasteiger partial charge in [0.1, 0.15) is 0 Å². The number of unbranched alkanes of at least 4 members (excludes halogenated alkanes) is 2. The number of methoxy groups -OCH3 is 1. The molecule has 0 spiro atoms. The van der Waals surface area contributed by atoms with Crippen LogP contribution in [0.15, 0.2) is 0 Å². The summed E-state index contributed by atoms with van der Waals surface area (Å²) in [4.78, 5) is 0. The summed E-state index contributed by atoms with van der Waals surface area (Å²) in [5.41, 5.74) is 0. The van der Waals surface area contributed by atoms with Gasteiger partial charge in [0, 0.05) is 20.3 Å². The van der Waals surface area contributed by atoms with Crippen molar-refractivity contribution in [2.45, 2.75) is 46.1 Å². The summed E-state index contributed by atoms with van der Waals surface area (Å²) in [6.45, 7) is 10.1. The fraction of sp³-hybridized carbons (Fsp3) is 1.00. The summed E-state index contributed by atoms with van der Waals surface area (Å²) in [6, 6.07) is 0. The number of hydrogen-bond donors (Lipinski definition) is 1. The average molecular weight is 231 g/mol. The van der Waals surface area contributed by atoms with Gasteiger partial charge in [0.15, 0.2) is 0 Å². The first-order chi connectivity index (χ1) is 7.70. The number of rotatable bonds is 11. The lowest BCUT2D eigenvalue weighted by Crippen LogP contribution is -2.34. The molecular weight excluding hydrogens is 202 g/mol. The molecule has 0 saturated heterocycles. The van der Waals surface area contributed by atoms with Crippen LogP contribution in [0.5, 0.6) is 0 Å². The summed E-state index contributed by atoms with van der Waals surface area (Å²) in [5.74, 6) is 0.684. The number of ether oxygens (including phenoxy) is 2. The van der Waals surface area contributed by atoms with Crippen LogP contribution in [-0.2, 0) is 9.47 Å². The van der Waals surface area contributed by atoms with Crippen molar-refractivity contribution >= 4 is 0 Å². The molecule has 0 aliphatic rings. The summed E-state index contributed by atoms with van der Waals surface area (Å²) in [5, 5.41) is 3.41. The smallest absolute Gasteiger partial charge is 0.0932 e. The van der Waals surface area contributed by atoms with E-state index in [1.165, 1.54) is 12.8 Å². The van der Waals surface area contributed by atoms with Gasteiger partial charge in [0.2, 0.25) is 0 Å². The Labute approximate surface area is 101 Å². The Morgan fingerprint density at radius 2 is 1.88 bits per heavy atom. The summed E-state index contributed by atoms with van der Waals surface area (Å²) in [6.07, 6.45) is 3.84. The van der Waals surface area contributed by atoms with Crippen LogP contribution in [-0.4, -0.2) is 39.5 Å². The Morgan fingerprint density at radius 1 is 1.12 bits per heavy atom. The van der Waals surface area contributed by atoms with Crippen LogP contribution >= 0.6 is 0 Å². The zero-order chi connectivity index (χ0) is 12.2. The molecule has 0 radical (unpaired) electrons. The Morgan fingerprint density at radius 3 is 2.44 bits per heavy atom. The van der Waals surface area contributed by atoms with E-state index in [9.17, 15) is 0 Å². The number of hydrogen-bond acceptors (Lipinski definition) is 3. The van der Waals surface area contributed by atoms with Crippen LogP contribution in [0.25, 0.3) is 0 Å². The summed E-state index contributed by atoms with van der Waals surface area (Å²) >= 11 is 0. The van der Waals surface area contributed by atoms with E-state index in [1.54, 1.807) is 7.11 Å². The fourth-order valence-corrected chi connectivity index (χ4v) is 1.49. The van der Waals surface area contributed by atoms with Gasteiger partial charge in [-0.25, -0.2) is 0 Å². The Bertz CT molecular complexity index is 140. The third kappa shape index (κ3) is 10.4. The van der Waals surface area contributed by atoms with Crippen molar-refractivity contribution in [1.29, 1.82) is 0 Å². The van der Waals surface area contributed by atoms with Gasteiger partial charge in [-0.15, -0.1) is 0 Å². The van der Waals surface area contributed by atoms with Crippen molar-refractivity contribution in [1.82, 2.24) is 5.32 Å². The molecule has 1 atom stereocenters. The molecular formula is C13H29NO2. The molecule has 0 heterocycles. The van der Waals surface area contributed by atoms with E-state index in [0.717, 1.165) is 26.1 Å². The van der Waals surface area contributed by atoms with Gasteiger partial charge in [0.05, 0.1) is 12.7 Å². The summed E-state index contributed by atoms with van der Waals surface area (Å²) in [7, 11) is 1.73. The van der Waals surface area contributed by atoms with Gasteiger partial charge in [-0.1, -0.05) is 33.6 Å². The maximum atomic E-state index is 5.78. The zero-order valence-electron chi connectivity index (χ0n) is 11.4. The van der Waals surface area contributed by atoms with Crippen molar-refractivity contribution in [2.24, 2.45) is 5.92 Å². The second kappa shape index (κ2) is 11.4. The lowest BCUT2D eigenvalue weighted by atomic mass is 10.2. The molecule has 0 amide bonds. The Kier molecular flexibility index (Phi) is 11.3. The molecule has 16 heavy (non-hydrogen) atoms. The molecule has 0 aliphatic heterocycles. The van der Waals surface area contributed by atoms with E-state index in [4.69, 9.17) is 9.47 Å². The van der Waals surface area contributed by atoms with Crippen molar-refractivity contribution in [3.8, 4) is 0 Å². The topological polar surface area (TPSA) is 30.5 Å². The molecule has 0 aliphatic carbocycles. The lowest BCUT2D eigenvalue weighted by Gasteiger charge is -2.18. The van der Waals surface area contributed by atoms with Crippen LogP contribution < -0.4 is 5.32 Å². The van der Waals surface area contributed by atoms with E-state index >= 15 is 0 Å². The molecule has 3 nitrogen and oxygen atoms in total. The molecule has 0 rings (SSSR count). The highest BCUT2D eigenvalue weighted by Gasteiger charge is 2.08. The Hall–Kier alpha value is -0.120. The molecule has 98 valence electrons. The van der Waals surface area contributed by atoms with E-state index in [0.29, 0.717) is 12.5 Å². The third-order valence-corrected chi connectivity index (χ3v) is 2.38. The molecule has 1 unspecified atom stereocenters. The monoisotopic (exact) mass is 231 g/mol. The lowest BCUT2D eigenvalue weighted by molar-refractivity contribution is -0.00254. The second-order valence-corrected chi connectivity index (χ2v) is 4.71. The van der Waals surface area contributed by atoms with Gasteiger partial charge in [-0.2, -0.15) is 0 Å². The highest BCUT2D eigenvalue weighted by molar-refractivity contribution is 4.62. The standard InChI is InChI=1S/C13H29NO2/c1-5-6-7-8-16-13(11-15-4)10-14-9-12(2)3/h12-14H,5-11H2,1-4H3. The zero-order valence-corrected chi connectivity index (χ0v) is 11.4. The van der Waals surface area contributed by atoms with Gasteiger partial charge in [-0.3, -0.25) is 0 Å². The van der Waals surface area contributed by atoms with Gasteiger partial charge < -0.3 is 14.8 Å². The van der Waals surface area contributed by atoms with Gasteiger partial charge in [-0.05, 0) is 18.9 Å². The van der Waals surface area contributed by atoms with E-state index < -0.39 is 0 Å². The third-order valence-electron chi connectivity index (χ3n) is 2.38. The maximum Gasteiger partial charge on any atom is 0.0932 e. The minimum atomic E-state index is 0.195. The first kappa shape index (κ1) is 15.9. The number of nitrogens with one attached hydrogen (secondary N) is 1. The first-order valence-electron chi connectivity index (χ1n) is 6.51. The molecule has 0 aromatic heterocycles. The van der Waals surface area contributed by atoms with Crippen LogP contribution in [0.3, 0.4) is 0 Å². The van der Waals surface area contributed by atoms with E-state index in [-0.39, 0.29) is 6.10 Å². The van der Waals surface area contributed by atoms with Gasteiger partial charge >= 0.3 is 0 Å². The first-order valence-corrected chi connectivity index (χ1v) is 6.51. The maximum absolute atomic E-state index is 5.78. The minimum absolute atomic E-state index is 0.195. The average Bonchev–Trinajstić information content (AvgIpc) is 2.23. The molecule has 0 fully saturated rings. The van der Waals surface area contributed by atoms with Gasteiger partial charge in [0.25, 0.3) is 0 Å². The summed E-state index contributed by atoms with van der Waals surface area (Å²) < 4.78 is 10.9. The molecule has 0 aromatic carbocycles. The van der Waals surface area contributed by atoms with Crippen LogP contribution in [0.2, 0.25) is 0 Å². The predicted octanol–water partition coefficient (Wildman–Crippen LogP) is 2.45. The second-order valence-electron chi connectivity index (χ2n) is 4.71. The molecule has 1 N–H and O–H groups in total. The molecule has 0 aromatic rings. The normalized spacial score (nSPS) is 13.3. The quantitative estimate of drug-likeness (QED) is 0.554. The molecule has 0 saturated carbocycles. The highest BCUT2D eigenvalue weighted by Crippen LogP contribution is 1.99. The SMILES string of the molecule is CCCCCOC(CNCC(C)C)COC. The van der Waals surface area contributed by atoms with Crippen LogP contribution in [0, 0.1) is 5.92 Å². The van der Waals surface area contributed by atoms with Crippen LogP contribution in [0.4, 0.5) is 0 Å². The van der Waals surface area contributed by atoms with E-state index in [1.807, 2.05) is 0 Å². The predicted molar refractivity (Wildman–Crippen MR) is 68.8 cm³/mol. The molecule has 3 heteroatoms.